The third-order valence-corrected chi connectivity index (χ3v) is 3.72. The second-order valence-electron chi connectivity index (χ2n) is 4.85. The van der Waals surface area contributed by atoms with E-state index in [9.17, 15) is 0 Å². The Morgan fingerprint density at radius 1 is 1.50 bits per heavy atom. The summed E-state index contributed by atoms with van der Waals surface area (Å²) in [6.07, 6.45) is 1.21. The van der Waals surface area contributed by atoms with Crippen LogP contribution in [-0.4, -0.2) is 50.8 Å². The van der Waals surface area contributed by atoms with Gasteiger partial charge in [0, 0.05) is 19.2 Å². The molecule has 2 fully saturated rings. The van der Waals surface area contributed by atoms with Gasteiger partial charge < -0.3 is 15.0 Å². The van der Waals surface area contributed by atoms with Crippen LogP contribution in [0.4, 0.5) is 0 Å². The second kappa shape index (κ2) is 4.60. The van der Waals surface area contributed by atoms with Gasteiger partial charge in [-0.2, -0.15) is 0 Å². The van der Waals surface area contributed by atoms with E-state index in [1.165, 1.54) is 26.1 Å². The Balaban J connectivity index is 1.72. The average Bonchev–Trinajstić information content (AvgIpc) is 2.51. The topological polar surface area (TPSA) is 24.5 Å². The molecule has 3 nitrogen and oxygen atoms in total. The minimum absolute atomic E-state index is 0.672. The molecule has 1 N–H and O–H groups in total. The zero-order valence-corrected chi connectivity index (χ0v) is 9.33. The predicted molar refractivity (Wildman–Crippen MR) is 57.4 cm³/mol. The minimum atomic E-state index is 0.672. The van der Waals surface area contributed by atoms with Crippen LogP contribution in [0.15, 0.2) is 0 Å². The molecule has 0 bridgehead atoms. The lowest BCUT2D eigenvalue weighted by atomic mass is 9.88. The van der Waals surface area contributed by atoms with Crippen molar-refractivity contribution in [2.75, 3.05) is 39.9 Å². The van der Waals surface area contributed by atoms with Gasteiger partial charge in [0.05, 0.1) is 6.61 Å². The van der Waals surface area contributed by atoms with Gasteiger partial charge in [0.25, 0.3) is 0 Å². The molecule has 14 heavy (non-hydrogen) atoms. The molecule has 0 aliphatic carbocycles. The van der Waals surface area contributed by atoms with Crippen LogP contribution >= 0.6 is 0 Å². The Morgan fingerprint density at radius 3 is 2.79 bits per heavy atom. The van der Waals surface area contributed by atoms with Gasteiger partial charge in [-0.15, -0.1) is 0 Å². The van der Waals surface area contributed by atoms with Gasteiger partial charge in [0.15, 0.2) is 0 Å². The van der Waals surface area contributed by atoms with Gasteiger partial charge in [0.1, 0.15) is 0 Å². The van der Waals surface area contributed by atoms with Crippen LogP contribution in [0.25, 0.3) is 0 Å². The van der Waals surface area contributed by atoms with Crippen LogP contribution in [0.2, 0.25) is 0 Å². The van der Waals surface area contributed by atoms with Crippen molar-refractivity contribution in [3.8, 4) is 0 Å². The van der Waals surface area contributed by atoms with E-state index in [0.717, 1.165) is 25.0 Å². The molecule has 2 atom stereocenters. The van der Waals surface area contributed by atoms with E-state index in [1.807, 2.05) is 0 Å². The van der Waals surface area contributed by atoms with Crippen LogP contribution in [0.3, 0.4) is 0 Å². The van der Waals surface area contributed by atoms with Crippen molar-refractivity contribution < 1.29 is 4.74 Å². The van der Waals surface area contributed by atoms with E-state index in [1.54, 1.807) is 0 Å². The smallest absolute Gasteiger partial charge is 0.0622 e. The van der Waals surface area contributed by atoms with Crippen LogP contribution in [0.5, 0.6) is 0 Å². The molecule has 2 heterocycles. The Bertz CT molecular complexity index is 176. The SMILES string of the molecule is CC(CN(C)C1CCOC1)C1CNC1. The molecule has 0 spiro atoms. The summed E-state index contributed by atoms with van der Waals surface area (Å²) < 4.78 is 5.41. The van der Waals surface area contributed by atoms with Crippen molar-refractivity contribution >= 4 is 0 Å². The van der Waals surface area contributed by atoms with Gasteiger partial charge in [-0.3, -0.25) is 0 Å². The maximum atomic E-state index is 5.41. The Morgan fingerprint density at radius 2 is 2.29 bits per heavy atom. The van der Waals surface area contributed by atoms with Crippen molar-refractivity contribution in [1.82, 2.24) is 10.2 Å². The molecule has 2 aliphatic heterocycles. The number of ether oxygens (including phenoxy) is 1. The number of nitrogens with zero attached hydrogens (tertiary/aromatic N) is 1. The van der Waals surface area contributed by atoms with Crippen LogP contribution in [0.1, 0.15) is 13.3 Å². The first-order chi connectivity index (χ1) is 6.77. The molecule has 2 unspecified atom stereocenters. The van der Waals surface area contributed by atoms with Gasteiger partial charge in [-0.05, 0) is 38.4 Å². The predicted octanol–water partition coefficient (Wildman–Crippen LogP) is 0.563. The highest BCUT2D eigenvalue weighted by Crippen LogP contribution is 2.19. The van der Waals surface area contributed by atoms with Crippen LogP contribution in [-0.2, 0) is 4.74 Å². The highest BCUT2D eigenvalue weighted by atomic mass is 16.5. The Hall–Kier alpha value is -0.120. The number of hydrogen-bond acceptors (Lipinski definition) is 3. The van der Waals surface area contributed by atoms with E-state index in [-0.39, 0.29) is 0 Å². The number of hydrogen-bond donors (Lipinski definition) is 1. The van der Waals surface area contributed by atoms with Crippen molar-refractivity contribution in [1.29, 1.82) is 0 Å². The van der Waals surface area contributed by atoms with Gasteiger partial charge in [0.2, 0.25) is 0 Å². The monoisotopic (exact) mass is 198 g/mol. The average molecular weight is 198 g/mol. The van der Waals surface area contributed by atoms with Crippen LogP contribution in [0, 0.1) is 11.8 Å². The third kappa shape index (κ3) is 2.27. The Kier molecular flexibility index (Phi) is 3.42. The lowest BCUT2D eigenvalue weighted by molar-refractivity contribution is 0.129. The fourth-order valence-electron chi connectivity index (χ4n) is 2.34. The summed E-state index contributed by atoms with van der Waals surface area (Å²) in [5, 5.41) is 3.34. The maximum Gasteiger partial charge on any atom is 0.0622 e. The maximum absolute atomic E-state index is 5.41. The summed E-state index contributed by atoms with van der Waals surface area (Å²) in [7, 11) is 2.24. The van der Waals surface area contributed by atoms with Crippen molar-refractivity contribution in [2.24, 2.45) is 11.8 Å². The first-order valence-electron chi connectivity index (χ1n) is 5.76. The zero-order valence-electron chi connectivity index (χ0n) is 9.33. The molecule has 2 rings (SSSR count). The number of rotatable bonds is 4. The lowest BCUT2D eigenvalue weighted by Gasteiger charge is -2.36. The van der Waals surface area contributed by atoms with Gasteiger partial charge in [-0.1, -0.05) is 6.92 Å². The molecule has 82 valence electrons. The summed E-state index contributed by atoms with van der Waals surface area (Å²) in [4.78, 5) is 2.48. The standard InChI is InChI=1S/C11H22N2O/c1-9(10-5-12-6-10)7-13(2)11-3-4-14-8-11/h9-12H,3-8H2,1-2H3. The largest absolute Gasteiger partial charge is 0.380 e. The highest BCUT2D eigenvalue weighted by molar-refractivity contribution is 4.82. The normalized spacial score (nSPS) is 30.6. The van der Waals surface area contributed by atoms with Gasteiger partial charge in [-0.25, -0.2) is 0 Å². The van der Waals surface area contributed by atoms with E-state index in [0.29, 0.717) is 6.04 Å². The van der Waals surface area contributed by atoms with E-state index in [2.05, 4.69) is 24.2 Å². The highest BCUT2D eigenvalue weighted by Gasteiger charge is 2.27. The van der Waals surface area contributed by atoms with E-state index < -0.39 is 0 Å². The second-order valence-corrected chi connectivity index (χ2v) is 4.85. The minimum Gasteiger partial charge on any atom is -0.380 e. The first kappa shape index (κ1) is 10.4. The molecular formula is C11H22N2O. The lowest BCUT2D eigenvalue weighted by Crippen LogP contribution is -2.49. The molecule has 0 aromatic heterocycles. The zero-order chi connectivity index (χ0) is 9.97. The van der Waals surface area contributed by atoms with E-state index in [4.69, 9.17) is 4.74 Å². The summed E-state index contributed by atoms with van der Waals surface area (Å²) >= 11 is 0. The molecule has 0 amide bonds. The fourth-order valence-corrected chi connectivity index (χ4v) is 2.34. The van der Waals surface area contributed by atoms with Gasteiger partial charge >= 0.3 is 0 Å². The third-order valence-electron chi connectivity index (χ3n) is 3.72. The Labute approximate surface area is 86.8 Å². The fraction of sp³-hybridized carbons (Fsp3) is 1.00. The van der Waals surface area contributed by atoms with Crippen molar-refractivity contribution in [3.63, 3.8) is 0 Å². The quantitative estimate of drug-likeness (QED) is 0.714. The first-order valence-corrected chi connectivity index (χ1v) is 5.76. The summed E-state index contributed by atoms with van der Waals surface area (Å²) in [6, 6.07) is 0.672. The molecule has 0 saturated carbocycles. The number of nitrogens with one attached hydrogen (secondary N) is 1. The molecule has 0 aromatic rings. The molecule has 0 aromatic carbocycles. The van der Waals surface area contributed by atoms with Crippen LogP contribution < -0.4 is 5.32 Å². The summed E-state index contributed by atoms with van der Waals surface area (Å²) in [5.41, 5.74) is 0. The van der Waals surface area contributed by atoms with Crippen molar-refractivity contribution in [2.45, 2.75) is 19.4 Å². The summed E-state index contributed by atoms with van der Waals surface area (Å²) in [5.74, 6) is 1.72. The number of likely N-dealkylation sites (N-methyl/N-ethyl adjacent to an activating group) is 1. The molecule has 0 radical (unpaired) electrons. The molecule has 2 saturated heterocycles. The van der Waals surface area contributed by atoms with E-state index >= 15 is 0 Å². The molecular weight excluding hydrogens is 176 g/mol. The molecule has 3 heteroatoms. The van der Waals surface area contributed by atoms with Crippen molar-refractivity contribution in [3.05, 3.63) is 0 Å². The molecule has 2 aliphatic rings. The summed E-state index contributed by atoms with van der Waals surface area (Å²) in [6.45, 7) is 7.92.